The van der Waals surface area contributed by atoms with Crippen molar-refractivity contribution in [3.05, 3.63) is 54.5 Å². The molecule has 27 heavy (non-hydrogen) atoms. The lowest BCUT2D eigenvalue weighted by molar-refractivity contribution is -0.137. The first kappa shape index (κ1) is 20.0. The summed E-state index contributed by atoms with van der Waals surface area (Å²) in [5.74, 6) is 0.179. The van der Waals surface area contributed by atoms with Crippen molar-refractivity contribution in [3.8, 4) is 5.75 Å². The van der Waals surface area contributed by atoms with Crippen molar-refractivity contribution in [3.63, 3.8) is 0 Å². The monoisotopic (exact) mass is 374 g/mol. The number of hydrogen-bond acceptors (Lipinski definition) is 5. The van der Waals surface area contributed by atoms with Crippen molar-refractivity contribution in [1.29, 1.82) is 0 Å². The Balaban J connectivity index is 0.000000596. The minimum Gasteiger partial charge on any atom is -0.484 e. The van der Waals surface area contributed by atoms with Gasteiger partial charge >= 0.3 is 0 Å². The molecular formula is C19H22N2O6. The van der Waals surface area contributed by atoms with E-state index in [2.05, 4.69) is 10.6 Å². The predicted octanol–water partition coefficient (Wildman–Crippen LogP) is 1.37. The third kappa shape index (κ3) is 6.85. The Labute approximate surface area is 156 Å². The van der Waals surface area contributed by atoms with Gasteiger partial charge in [0.1, 0.15) is 17.6 Å². The molecule has 8 nitrogen and oxygen atoms in total. The smallest absolute Gasteiger partial charge is 0.300 e. The van der Waals surface area contributed by atoms with Gasteiger partial charge in [-0.15, -0.1) is 0 Å². The first-order valence-corrected chi connectivity index (χ1v) is 8.45. The van der Waals surface area contributed by atoms with Crippen molar-refractivity contribution in [1.82, 2.24) is 10.6 Å². The number of carbonyl (C=O) groups excluding carboxylic acids is 2. The second-order valence-corrected chi connectivity index (χ2v) is 5.90. The minimum atomic E-state index is -0.833. The summed E-state index contributed by atoms with van der Waals surface area (Å²) < 4.78 is 10.6. The van der Waals surface area contributed by atoms with Gasteiger partial charge in [0.05, 0.1) is 12.3 Å². The van der Waals surface area contributed by atoms with Gasteiger partial charge in [-0.1, -0.05) is 18.2 Å². The van der Waals surface area contributed by atoms with Crippen LogP contribution in [0.3, 0.4) is 0 Å². The molecule has 2 atom stereocenters. The van der Waals surface area contributed by atoms with Crippen LogP contribution in [0.5, 0.6) is 5.75 Å². The van der Waals surface area contributed by atoms with Crippen molar-refractivity contribution < 1.29 is 28.6 Å². The number of carboxylic acid groups (broad SMARTS) is 1. The third-order valence-corrected chi connectivity index (χ3v) is 3.72. The highest BCUT2D eigenvalue weighted by molar-refractivity contribution is 5.93. The summed E-state index contributed by atoms with van der Waals surface area (Å²) >= 11 is 0. The second-order valence-electron chi connectivity index (χ2n) is 5.90. The molecule has 0 radical (unpaired) electrons. The van der Waals surface area contributed by atoms with Crippen LogP contribution in [-0.2, 0) is 20.8 Å². The Hall–Kier alpha value is -3.29. The Morgan fingerprint density at radius 1 is 1.22 bits per heavy atom. The van der Waals surface area contributed by atoms with Crippen LogP contribution in [-0.4, -0.2) is 41.6 Å². The van der Waals surface area contributed by atoms with Crippen LogP contribution in [0, 0.1) is 0 Å². The predicted molar refractivity (Wildman–Crippen MR) is 96.1 cm³/mol. The molecule has 1 fully saturated rings. The maximum atomic E-state index is 11.9. The van der Waals surface area contributed by atoms with Crippen LogP contribution >= 0.6 is 0 Å². The van der Waals surface area contributed by atoms with E-state index in [4.69, 9.17) is 19.1 Å². The number of carbonyl (C=O) groups is 3. The number of β-lactam (4-membered cyclic amide) rings is 1. The number of nitrogens with one attached hydrogen (secondary N) is 2. The molecule has 2 heterocycles. The largest absolute Gasteiger partial charge is 0.484 e. The van der Waals surface area contributed by atoms with Crippen molar-refractivity contribution in [2.45, 2.75) is 31.8 Å². The number of ether oxygens (including phenoxy) is 1. The summed E-state index contributed by atoms with van der Waals surface area (Å²) in [6, 6.07) is 12.2. The Bertz CT molecular complexity index is 741. The fourth-order valence-electron chi connectivity index (χ4n) is 2.48. The van der Waals surface area contributed by atoms with Gasteiger partial charge in [-0.25, -0.2) is 0 Å². The van der Waals surface area contributed by atoms with Gasteiger partial charge in [0.2, 0.25) is 5.91 Å². The summed E-state index contributed by atoms with van der Waals surface area (Å²) in [7, 11) is 0. The molecule has 1 aromatic heterocycles. The molecule has 2 aromatic rings. The van der Waals surface area contributed by atoms with E-state index in [0.717, 1.165) is 12.7 Å². The lowest BCUT2D eigenvalue weighted by atomic mass is 9.94. The zero-order valence-electron chi connectivity index (χ0n) is 14.9. The molecule has 0 bridgehead atoms. The summed E-state index contributed by atoms with van der Waals surface area (Å²) in [6.07, 6.45) is 3.05. The molecule has 144 valence electrons. The van der Waals surface area contributed by atoms with Crippen LogP contribution in [0.15, 0.2) is 53.1 Å². The number of aryl methyl sites for hydroxylation is 1. The maximum Gasteiger partial charge on any atom is 0.300 e. The fraction of sp³-hybridized carbons (Fsp3) is 0.316. The summed E-state index contributed by atoms with van der Waals surface area (Å²) in [4.78, 5) is 32.5. The first-order valence-electron chi connectivity index (χ1n) is 8.45. The molecule has 0 saturated carbocycles. The van der Waals surface area contributed by atoms with Gasteiger partial charge in [0, 0.05) is 13.3 Å². The molecule has 0 aliphatic carbocycles. The number of para-hydroxylation sites is 1. The van der Waals surface area contributed by atoms with Gasteiger partial charge in [0.25, 0.3) is 11.9 Å². The van der Waals surface area contributed by atoms with E-state index in [1.54, 1.807) is 18.4 Å². The van der Waals surface area contributed by atoms with E-state index >= 15 is 0 Å². The number of benzene rings is 1. The Kier molecular flexibility index (Phi) is 7.42. The topological polar surface area (TPSA) is 118 Å². The first-order chi connectivity index (χ1) is 13.0. The molecule has 0 spiro atoms. The minimum absolute atomic E-state index is 0.0757. The highest BCUT2D eigenvalue weighted by Gasteiger charge is 2.39. The van der Waals surface area contributed by atoms with Crippen LogP contribution < -0.4 is 15.4 Å². The van der Waals surface area contributed by atoms with Crippen LogP contribution in [0.1, 0.15) is 19.1 Å². The van der Waals surface area contributed by atoms with E-state index in [0.29, 0.717) is 18.6 Å². The van der Waals surface area contributed by atoms with Crippen LogP contribution in [0.2, 0.25) is 0 Å². The summed E-state index contributed by atoms with van der Waals surface area (Å²) in [5, 5.41) is 12.9. The summed E-state index contributed by atoms with van der Waals surface area (Å²) in [5.41, 5.74) is 0. The van der Waals surface area contributed by atoms with E-state index in [1.165, 1.54) is 0 Å². The molecule has 1 aliphatic heterocycles. The molecule has 3 N–H and O–H groups in total. The second kappa shape index (κ2) is 10.0. The van der Waals surface area contributed by atoms with Gasteiger partial charge in [-0.3, -0.25) is 14.4 Å². The zero-order chi connectivity index (χ0) is 19.6. The number of carboxylic acids is 1. The molecular weight excluding hydrogens is 352 g/mol. The quantitative estimate of drug-likeness (QED) is 0.630. The average molecular weight is 374 g/mol. The summed E-state index contributed by atoms with van der Waals surface area (Å²) in [6.45, 7) is 0.971. The van der Waals surface area contributed by atoms with E-state index < -0.39 is 12.0 Å². The van der Waals surface area contributed by atoms with Gasteiger partial charge in [0.15, 0.2) is 6.61 Å². The molecule has 1 saturated heterocycles. The van der Waals surface area contributed by atoms with E-state index in [-0.39, 0.29) is 24.5 Å². The standard InChI is InChI=1S/C17H18N2O4.C2H4O2/c20-15(11-23-12-5-2-1-3-6-12)19-16-14(18-17(16)21)9-8-13-7-4-10-22-13;1-2(3)4/h1-7,10,14,16H,8-9,11H2,(H,18,21)(H,19,20);1H3,(H,3,4)/t14-,16+;/m0./s1. The molecule has 0 unspecified atom stereocenters. The number of furan rings is 1. The highest BCUT2D eigenvalue weighted by atomic mass is 16.5. The molecule has 8 heteroatoms. The molecule has 2 amide bonds. The fourth-order valence-corrected chi connectivity index (χ4v) is 2.48. The molecule has 1 aromatic carbocycles. The number of aliphatic carboxylic acids is 1. The van der Waals surface area contributed by atoms with Crippen molar-refractivity contribution >= 4 is 17.8 Å². The van der Waals surface area contributed by atoms with Gasteiger partial charge < -0.3 is 24.9 Å². The SMILES string of the molecule is CC(=O)O.O=C(COc1ccccc1)N[C@H]1C(=O)N[C@H]1CCc1ccco1. The molecule has 3 rings (SSSR count). The van der Waals surface area contributed by atoms with Crippen molar-refractivity contribution in [2.75, 3.05) is 6.61 Å². The molecule has 1 aliphatic rings. The Morgan fingerprint density at radius 3 is 2.52 bits per heavy atom. The number of amides is 2. The highest BCUT2D eigenvalue weighted by Crippen LogP contribution is 2.15. The number of hydrogen-bond donors (Lipinski definition) is 3. The normalized spacial score (nSPS) is 17.6. The van der Waals surface area contributed by atoms with Crippen molar-refractivity contribution in [2.24, 2.45) is 0 Å². The number of rotatable bonds is 7. The lowest BCUT2D eigenvalue weighted by Crippen LogP contribution is -2.69. The average Bonchev–Trinajstić information content (AvgIpc) is 3.15. The van der Waals surface area contributed by atoms with Gasteiger partial charge in [-0.05, 0) is 30.7 Å². The Morgan fingerprint density at radius 2 is 1.93 bits per heavy atom. The third-order valence-electron chi connectivity index (χ3n) is 3.72. The maximum absolute atomic E-state index is 11.9. The zero-order valence-corrected chi connectivity index (χ0v) is 14.9. The van der Waals surface area contributed by atoms with Crippen LogP contribution in [0.25, 0.3) is 0 Å². The lowest BCUT2D eigenvalue weighted by Gasteiger charge is -2.37. The van der Waals surface area contributed by atoms with Gasteiger partial charge in [-0.2, -0.15) is 0 Å². The van der Waals surface area contributed by atoms with E-state index in [9.17, 15) is 9.59 Å². The van der Waals surface area contributed by atoms with Crippen LogP contribution in [0.4, 0.5) is 0 Å². The van der Waals surface area contributed by atoms with E-state index in [1.807, 2.05) is 30.3 Å².